The molecule has 0 unspecified atom stereocenters. The van der Waals surface area contributed by atoms with E-state index >= 15 is 0 Å². The average molecular weight is 275 g/mol. The van der Waals surface area contributed by atoms with Gasteiger partial charge in [-0.05, 0) is 19.1 Å². The molecule has 1 aliphatic rings. The van der Waals surface area contributed by atoms with E-state index in [9.17, 15) is 0 Å². The molecule has 1 aromatic rings. The molecule has 0 N–H and O–H groups in total. The predicted molar refractivity (Wildman–Crippen MR) is 71.4 cm³/mol. The third kappa shape index (κ3) is 4.68. The number of halogens is 1. The summed E-state index contributed by atoms with van der Waals surface area (Å²) >= 11 is 0. The van der Waals surface area contributed by atoms with Crippen molar-refractivity contribution in [2.45, 2.75) is 6.92 Å². The van der Waals surface area contributed by atoms with Crippen molar-refractivity contribution >= 4 is 18.1 Å². The van der Waals surface area contributed by atoms with Crippen LogP contribution in [0.25, 0.3) is 0 Å². The van der Waals surface area contributed by atoms with Crippen LogP contribution >= 0.6 is 12.4 Å². The minimum Gasteiger partial charge on any atom is -0.463 e. The first kappa shape index (κ1) is 15.0. The summed E-state index contributed by atoms with van der Waals surface area (Å²) < 4.78 is 10.5. The lowest BCUT2D eigenvalue weighted by Crippen LogP contribution is -2.38. The van der Waals surface area contributed by atoms with Gasteiger partial charge in [-0.3, -0.25) is 4.90 Å². The van der Waals surface area contributed by atoms with Gasteiger partial charge in [0.1, 0.15) is 12.3 Å². The van der Waals surface area contributed by atoms with Crippen LogP contribution in [0.4, 0.5) is 0 Å². The molecular weight excluding hydrogens is 256 g/mol. The van der Waals surface area contributed by atoms with E-state index < -0.39 is 0 Å². The average Bonchev–Trinajstić information content (AvgIpc) is 2.89. The van der Waals surface area contributed by atoms with Crippen molar-refractivity contribution in [3.05, 3.63) is 24.2 Å². The summed E-state index contributed by atoms with van der Waals surface area (Å²) in [6.07, 6.45) is 1.63. The van der Waals surface area contributed by atoms with E-state index in [0.717, 1.165) is 44.3 Å². The maximum atomic E-state index is 5.27. The number of morpholine rings is 1. The van der Waals surface area contributed by atoms with E-state index in [4.69, 9.17) is 14.0 Å². The fourth-order valence-corrected chi connectivity index (χ4v) is 1.67. The van der Waals surface area contributed by atoms with Gasteiger partial charge in [0.15, 0.2) is 5.76 Å². The third-order valence-corrected chi connectivity index (χ3v) is 2.68. The molecular formula is C12H19ClN2O3. The first-order valence-corrected chi connectivity index (χ1v) is 5.87. The van der Waals surface area contributed by atoms with Crippen molar-refractivity contribution < 1.29 is 14.0 Å². The van der Waals surface area contributed by atoms with Crippen LogP contribution < -0.4 is 0 Å². The molecule has 0 spiro atoms. The summed E-state index contributed by atoms with van der Waals surface area (Å²) in [6, 6.07) is 3.70. The van der Waals surface area contributed by atoms with Gasteiger partial charge in [-0.15, -0.1) is 12.4 Å². The Morgan fingerprint density at radius 2 is 2.22 bits per heavy atom. The summed E-state index contributed by atoms with van der Waals surface area (Å²) in [5.74, 6) is 0.747. The highest BCUT2D eigenvalue weighted by molar-refractivity contribution is 5.95. The predicted octanol–water partition coefficient (Wildman–Crippen LogP) is 1.77. The van der Waals surface area contributed by atoms with Gasteiger partial charge in [0.25, 0.3) is 0 Å². The monoisotopic (exact) mass is 274 g/mol. The fourth-order valence-electron chi connectivity index (χ4n) is 1.67. The van der Waals surface area contributed by atoms with Crippen LogP contribution in [0.5, 0.6) is 0 Å². The van der Waals surface area contributed by atoms with Crippen molar-refractivity contribution in [2.75, 3.05) is 39.5 Å². The molecule has 0 saturated carbocycles. The summed E-state index contributed by atoms with van der Waals surface area (Å²) in [7, 11) is 0. The Morgan fingerprint density at radius 1 is 1.44 bits per heavy atom. The molecule has 18 heavy (non-hydrogen) atoms. The molecule has 6 heteroatoms. The van der Waals surface area contributed by atoms with Gasteiger partial charge in [-0.25, -0.2) is 0 Å². The van der Waals surface area contributed by atoms with Crippen LogP contribution in [-0.4, -0.2) is 50.1 Å². The number of hydrogen-bond donors (Lipinski definition) is 0. The third-order valence-electron chi connectivity index (χ3n) is 2.68. The number of hydrogen-bond acceptors (Lipinski definition) is 5. The van der Waals surface area contributed by atoms with Crippen LogP contribution in [0.15, 0.2) is 28.0 Å². The minimum atomic E-state index is 0. The lowest BCUT2D eigenvalue weighted by Gasteiger charge is -2.25. The number of oxime groups is 1. The maximum absolute atomic E-state index is 5.27. The highest BCUT2D eigenvalue weighted by Crippen LogP contribution is 2.02. The van der Waals surface area contributed by atoms with E-state index in [2.05, 4.69) is 10.1 Å². The van der Waals surface area contributed by atoms with Crippen LogP contribution in [0, 0.1) is 0 Å². The standard InChI is InChI=1S/C12H18N2O3.ClH/c1-11(12-3-2-7-16-12)13-17-10-6-14-4-8-15-9-5-14;/h2-3,7H,4-6,8-10H2,1H3;1H/b13-11-;. The number of furan rings is 1. The quantitative estimate of drug-likeness (QED) is 0.466. The topological polar surface area (TPSA) is 47.2 Å². The van der Waals surface area contributed by atoms with E-state index in [1.54, 1.807) is 6.26 Å². The Kier molecular flexibility index (Phi) is 6.78. The van der Waals surface area contributed by atoms with Gasteiger partial charge in [-0.2, -0.15) is 0 Å². The molecule has 0 aromatic carbocycles. The molecule has 2 rings (SSSR count). The number of nitrogens with zero attached hydrogens (tertiary/aromatic N) is 2. The molecule has 102 valence electrons. The van der Waals surface area contributed by atoms with Gasteiger partial charge in [0.2, 0.25) is 0 Å². The van der Waals surface area contributed by atoms with Crippen molar-refractivity contribution in [3.63, 3.8) is 0 Å². The highest BCUT2D eigenvalue weighted by atomic mass is 35.5. The zero-order valence-electron chi connectivity index (χ0n) is 10.5. The molecule has 0 amide bonds. The molecule has 1 fully saturated rings. The summed E-state index contributed by atoms with van der Waals surface area (Å²) in [4.78, 5) is 7.57. The van der Waals surface area contributed by atoms with Gasteiger partial charge < -0.3 is 14.0 Å². The first-order valence-electron chi connectivity index (χ1n) is 5.87. The van der Waals surface area contributed by atoms with Crippen LogP contribution in [-0.2, 0) is 9.57 Å². The molecule has 0 atom stereocenters. The first-order chi connectivity index (χ1) is 8.36. The molecule has 0 radical (unpaired) electrons. The van der Waals surface area contributed by atoms with Crippen molar-refractivity contribution in [2.24, 2.45) is 5.16 Å². The van der Waals surface area contributed by atoms with Gasteiger partial charge in [-0.1, -0.05) is 5.16 Å². The van der Waals surface area contributed by atoms with E-state index in [0.29, 0.717) is 6.61 Å². The molecule has 2 heterocycles. The maximum Gasteiger partial charge on any atom is 0.151 e. The molecule has 1 aromatic heterocycles. The molecule has 0 bridgehead atoms. The fraction of sp³-hybridized carbons (Fsp3) is 0.583. The normalized spacial score (nSPS) is 17.3. The van der Waals surface area contributed by atoms with E-state index in [1.165, 1.54) is 0 Å². The lowest BCUT2D eigenvalue weighted by atomic mass is 10.3. The molecule has 5 nitrogen and oxygen atoms in total. The lowest BCUT2D eigenvalue weighted by molar-refractivity contribution is 0.0212. The second kappa shape index (κ2) is 8.13. The van der Waals surface area contributed by atoms with Crippen molar-refractivity contribution in [1.29, 1.82) is 0 Å². The van der Waals surface area contributed by atoms with Crippen molar-refractivity contribution in [3.8, 4) is 0 Å². The Morgan fingerprint density at radius 3 is 2.89 bits per heavy atom. The summed E-state index contributed by atoms with van der Waals surface area (Å²) in [5.41, 5.74) is 0.761. The SMILES string of the molecule is C/C(=N/OCCN1CCOCC1)c1ccco1.Cl. The van der Waals surface area contributed by atoms with Crippen molar-refractivity contribution in [1.82, 2.24) is 4.90 Å². The Hall–Kier alpha value is -1.04. The Bertz CT molecular complexity index is 348. The van der Waals surface area contributed by atoms with Crippen LogP contribution in [0.1, 0.15) is 12.7 Å². The largest absolute Gasteiger partial charge is 0.463 e. The summed E-state index contributed by atoms with van der Waals surface area (Å²) in [6.45, 7) is 6.93. The minimum absolute atomic E-state index is 0. The zero-order valence-corrected chi connectivity index (χ0v) is 11.3. The second-order valence-corrected chi connectivity index (χ2v) is 3.94. The molecule has 0 aliphatic carbocycles. The smallest absolute Gasteiger partial charge is 0.151 e. The highest BCUT2D eigenvalue weighted by Gasteiger charge is 2.09. The van der Waals surface area contributed by atoms with Gasteiger partial charge in [0, 0.05) is 19.6 Å². The Labute approximate surface area is 113 Å². The van der Waals surface area contributed by atoms with Crippen LogP contribution in [0.3, 0.4) is 0 Å². The van der Waals surface area contributed by atoms with Crippen LogP contribution in [0.2, 0.25) is 0 Å². The van der Waals surface area contributed by atoms with Gasteiger partial charge >= 0.3 is 0 Å². The Balaban J connectivity index is 0.00000162. The molecule has 1 saturated heterocycles. The van der Waals surface area contributed by atoms with E-state index in [1.807, 2.05) is 19.1 Å². The van der Waals surface area contributed by atoms with E-state index in [-0.39, 0.29) is 12.4 Å². The summed E-state index contributed by atoms with van der Waals surface area (Å²) in [5, 5.41) is 4.02. The number of rotatable bonds is 5. The molecule has 1 aliphatic heterocycles. The number of ether oxygens (including phenoxy) is 1. The second-order valence-electron chi connectivity index (χ2n) is 3.94. The van der Waals surface area contributed by atoms with Gasteiger partial charge in [0.05, 0.1) is 19.5 Å². The zero-order chi connectivity index (χ0) is 11.9.